The van der Waals surface area contributed by atoms with E-state index in [-0.39, 0.29) is 10.0 Å². The van der Waals surface area contributed by atoms with E-state index in [1.807, 2.05) is 25.1 Å². The van der Waals surface area contributed by atoms with Crippen LogP contribution in [0.25, 0.3) is 10.2 Å². The Morgan fingerprint density at radius 1 is 1.06 bits per heavy atom. The van der Waals surface area contributed by atoms with Crippen molar-refractivity contribution in [3.8, 4) is 5.75 Å². The average molecular weight is 475 g/mol. The molecule has 0 aliphatic carbocycles. The van der Waals surface area contributed by atoms with Crippen molar-refractivity contribution in [1.29, 1.82) is 0 Å². The maximum absolute atomic E-state index is 12.8. The number of carbonyl (C=O) groups is 1. The second-order valence-corrected chi connectivity index (χ2v) is 10.1. The number of sulfonamides is 1. The maximum Gasteiger partial charge on any atom is 0.269 e. The number of hydrogen-bond donors (Lipinski definition) is 2. The van der Waals surface area contributed by atoms with Gasteiger partial charge in [-0.25, -0.2) is 18.4 Å². The normalized spacial score (nSPS) is 11.4. The van der Waals surface area contributed by atoms with Crippen molar-refractivity contribution < 1.29 is 17.9 Å². The van der Waals surface area contributed by atoms with Gasteiger partial charge in [-0.2, -0.15) is 0 Å². The van der Waals surface area contributed by atoms with E-state index in [1.54, 1.807) is 25.1 Å². The van der Waals surface area contributed by atoms with Crippen LogP contribution in [0.2, 0.25) is 0 Å². The summed E-state index contributed by atoms with van der Waals surface area (Å²) in [5, 5.41) is 3.33. The molecule has 0 aliphatic heterocycles. The molecule has 0 atom stereocenters. The molecule has 2 heterocycles. The first-order chi connectivity index (χ1) is 14.9. The molecule has 0 saturated heterocycles. The third-order valence-corrected chi connectivity index (χ3v) is 7.66. The van der Waals surface area contributed by atoms with Crippen LogP contribution >= 0.6 is 22.7 Å². The number of nitrogens with one attached hydrogen (secondary N) is 2. The number of fused-ring (bicyclic) bond motifs is 1. The number of nitrogens with zero attached hydrogens (tertiary/aromatic N) is 2. The third-order valence-electron chi connectivity index (χ3n) is 4.17. The number of rotatable bonds is 7. The van der Waals surface area contributed by atoms with E-state index in [1.165, 1.54) is 23.5 Å². The predicted molar refractivity (Wildman–Crippen MR) is 123 cm³/mol. The number of aryl methyl sites for hydroxylation is 1. The summed E-state index contributed by atoms with van der Waals surface area (Å²) in [6.07, 6.45) is 0. The molecule has 0 unspecified atom stereocenters. The standard InChI is InChI=1S/C20H18N4O4S3/c1-3-28-13-9-10-15-16(11-13)29-19(22-15)23-18(25)17-12(2)21-20(30-17)24-31(26,27)14-7-5-4-6-8-14/h4-11H,3H2,1-2H3,(H,21,24)(H,22,23,25). The van der Waals surface area contributed by atoms with Crippen molar-refractivity contribution >= 4 is 59.1 Å². The van der Waals surface area contributed by atoms with E-state index in [2.05, 4.69) is 20.0 Å². The fourth-order valence-electron chi connectivity index (χ4n) is 2.79. The maximum atomic E-state index is 12.8. The van der Waals surface area contributed by atoms with Gasteiger partial charge in [-0.15, -0.1) is 0 Å². The second kappa shape index (κ2) is 8.61. The zero-order chi connectivity index (χ0) is 22.0. The SMILES string of the molecule is CCOc1ccc2nc(NC(=O)c3sc(NS(=O)(=O)c4ccccc4)nc3C)sc2c1. The molecular weight excluding hydrogens is 456 g/mol. The van der Waals surface area contributed by atoms with Crippen LogP contribution in [0.4, 0.5) is 10.3 Å². The number of anilines is 2. The lowest BCUT2D eigenvalue weighted by atomic mass is 10.3. The number of amides is 1. The van der Waals surface area contributed by atoms with E-state index in [4.69, 9.17) is 4.74 Å². The van der Waals surface area contributed by atoms with Gasteiger partial charge in [-0.1, -0.05) is 40.9 Å². The Labute approximate surface area is 187 Å². The summed E-state index contributed by atoms with van der Waals surface area (Å²) in [6.45, 7) is 4.13. The van der Waals surface area contributed by atoms with Crippen LogP contribution in [0.5, 0.6) is 5.75 Å². The number of ether oxygens (including phenoxy) is 1. The van der Waals surface area contributed by atoms with Gasteiger partial charge in [0.2, 0.25) is 0 Å². The van der Waals surface area contributed by atoms with Crippen molar-refractivity contribution in [2.45, 2.75) is 18.7 Å². The van der Waals surface area contributed by atoms with Crippen LogP contribution in [-0.4, -0.2) is 30.9 Å². The van der Waals surface area contributed by atoms with Crippen LogP contribution in [0, 0.1) is 6.92 Å². The highest BCUT2D eigenvalue weighted by Crippen LogP contribution is 2.31. The van der Waals surface area contributed by atoms with E-state index in [0.717, 1.165) is 27.3 Å². The fourth-order valence-corrected chi connectivity index (χ4v) is 5.80. The first-order valence-corrected chi connectivity index (χ1v) is 12.4. The first kappa shape index (κ1) is 21.2. The number of carbonyl (C=O) groups excluding carboxylic acids is 1. The molecule has 4 aromatic rings. The van der Waals surface area contributed by atoms with Crippen LogP contribution in [0.1, 0.15) is 22.3 Å². The summed E-state index contributed by atoms with van der Waals surface area (Å²) in [6, 6.07) is 13.5. The molecular formula is C20H18N4O4S3. The zero-order valence-corrected chi connectivity index (χ0v) is 19.0. The monoisotopic (exact) mass is 474 g/mol. The number of hydrogen-bond acceptors (Lipinski definition) is 8. The Morgan fingerprint density at radius 2 is 1.84 bits per heavy atom. The van der Waals surface area contributed by atoms with Crippen molar-refractivity contribution in [2.24, 2.45) is 0 Å². The van der Waals surface area contributed by atoms with Gasteiger partial charge in [0.15, 0.2) is 10.3 Å². The molecule has 0 spiro atoms. The number of benzene rings is 2. The lowest BCUT2D eigenvalue weighted by Gasteiger charge is -2.04. The lowest BCUT2D eigenvalue weighted by molar-refractivity contribution is 0.103. The highest BCUT2D eigenvalue weighted by atomic mass is 32.2. The van der Waals surface area contributed by atoms with E-state index >= 15 is 0 Å². The lowest BCUT2D eigenvalue weighted by Crippen LogP contribution is -2.12. The minimum atomic E-state index is -3.78. The smallest absolute Gasteiger partial charge is 0.269 e. The van der Waals surface area contributed by atoms with Crippen molar-refractivity contribution in [3.63, 3.8) is 0 Å². The summed E-state index contributed by atoms with van der Waals surface area (Å²) >= 11 is 2.30. The number of thiazole rings is 2. The minimum absolute atomic E-state index is 0.120. The predicted octanol–water partition coefficient (Wildman–Crippen LogP) is 4.51. The summed E-state index contributed by atoms with van der Waals surface area (Å²) in [4.78, 5) is 21.8. The topological polar surface area (TPSA) is 110 Å². The average Bonchev–Trinajstić information content (AvgIpc) is 3.30. The van der Waals surface area contributed by atoms with Gasteiger partial charge in [-0.3, -0.25) is 14.8 Å². The molecule has 2 N–H and O–H groups in total. The molecule has 0 fully saturated rings. The summed E-state index contributed by atoms with van der Waals surface area (Å²) in [5.41, 5.74) is 1.18. The zero-order valence-electron chi connectivity index (χ0n) is 16.6. The Hall–Kier alpha value is -3.02. The summed E-state index contributed by atoms with van der Waals surface area (Å²) in [5.74, 6) is 0.342. The number of aromatic nitrogens is 2. The molecule has 160 valence electrons. The highest BCUT2D eigenvalue weighted by Gasteiger charge is 2.21. The van der Waals surface area contributed by atoms with Crippen molar-refractivity contribution in [1.82, 2.24) is 9.97 Å². The van der Waals surface area contributed by atoms with Crippen LogP contribution in [-0.2, 0) is 10.0 Å². The first-order valence-electron chi connectivity index (χ1n) is 9.26. The van der Waals surface area contributed by atoms with Gasteiger partial charge in [0.05, 0.1) is 27.4 Å². The molecule has 0 radical (unpaired) electrons. The van der Waals surface area contributed by atoms with E-state index in [9.17, 15) is 13.2 Å². The Kier molecular flexibility index (Phi) is 5.90. The Bertz CT molecular complexity index is 1350. The summed E-state index contributed by atoms with van der Waals surface area (Å²) < 4.78 is 33.8. The third kappa shape index (κ3) is 4.68. The van der Waals surface area contributed by atoms with Gasteiger partial charge in [0.25, 0.3) is 15.9 Å². The van der Waals surface area contributed by atoms with Gasteiger partial charge in [-0.05, 0) is 44.2 Å². The molecule has 11 heteroatoms. The Balaban J connectivity index is 1.52. The molecule has 31 heavy (non-hydrogen) atoms. The molecule has 0 saturated carbocycles. The van der Waals surface area contributed by atoms with E-state index in [0.29, 0.717) is 22.3 Å². The Morgan fingerprint density at radius 3 is 2.58 bits per heavy atom. The fraction of sp³-hybridized carbons (Fsp3) is 0.150. The second-order valence-electron chi connectivity index (χ2n) is 6.39. The van der Waals surface area contributed by atoms with E-state index < -0.39 is 15.9 Å². The molecule has 2 aromatic heterocycles. The van der Waals surface area contributed by atoms with Crippen molar-refractivity contribution in [3.05, 3.63) is 59.1 Å². The highest BCUT2D eigenvalue weighted by molar-refractivity contribution is 7.93. The van der Waals surface area contributed by atoms with Gasteiger partial charge >= 0.3 is 0 Å². The van der Waals surface area contributed by atoms with Gasteiger partial charge in [0, 0.05) is 0 Å². The molecule has 1 amide bonds. The molecule has 0 bridgehead atoms. The quantitative estimate of drug-likeness (QED) is 0.408. The molecule has 0 aliphatic rings. The van der Waals surface area contributed by atoms with Gasteiger partial charge in [0.1, 0.15) is 10.6 Å². The largest absolute Gasteiger partial charge is 0.494 e. The van der Waals surface area contributed by atoms with Crippen LogP contribution in [0.3, 0.4) is 0 Å². The van der Waals surface area contributed by atoms with Crippen LogP contribution < -0.4 is 14.8 Å². The van der Waals surface area contributed by atoms with Crippen LogP contribution in [0.15, 0.2) is 53.4 Å². The van der Waals surface area contributed by atoms with Gasteiger partial charge < -0.3 is 4.74 Å². The molecule has 2 aromatic carbocycles. The summed E-state index contributed by atoms with van der Waals surface area (Å²) in [7, 11) is -3.78. The molecule has 4 rings (SSSR count). The minimum Gasteiger partial charge on any atom is -0.494 e. The molecule has 8 nitrogen and oxygen atoms in total. The van der Waals surface area contributed by atoms with Crippen molar-refractivity contribution in [2.75, 3.05) is 16.6 Å².